The predicted molar refractivity (Wildman–Crippen MR) is 98.0 cm³/mol. The molecule has 0 bridgehead atoms. The highest BCUT2D eigenvalue weighted by molar-refractivity contribution is 6.31. The van der Waals surface area contributed by atoms with Gasteiger partial charge in [-0.3, -0.25) is 4.79 Å². The Morgan fingerprint density at radius 1 is 1.19 bits per heavy atom. The van der Waals surface area contributed by atoms with Crippen molar-refractivity contribution in [3.8, 4) is 6.07 Å². The Hall–Kier alpha value is -2.84. The van der Waals surface area contributed by atoms with Crippen molar-refractivity contribution in [2.24, 2.45) is 0 Å². The highest BCUT2D eigenvalue weighted by Gasteiger charge is 2.55. The lowest BCUT2D eigenvalue weighted by molar-refractivity contribution is -0.120. The number of nitrogens with zero attached hydrogens (tertiary/aromatic N) is 2. The molecule has 0 aromatic heterocycles. The second-order valence-electron chi connectivity index (χ2n) is 7.01. The number of halogens is 1. The van der Waals surface area contributed by atoms with Gasteiger partial charge in [-0.15, -0.1) is 0 Å². The molecule has 0 fully saturated rings. The quantitative estimate of drug-likeness (QED) is 0.746. The van der Waals surface area contributed by atoms with Gasteiger partial charge in [-0.1, -0.05) is 41.9 Å². The fourth-order valence-corrected chi connectivity index (χ4v) is 3.20. The van der Waals surface area contributed by atoms with E-state index in [2.05, 4.69) is 6.07 Å². The Bertz CT molecular complexity index is 928. The summed E-state index contributed by atoms with van der Waals surface area (Å²) in [6.07, 6.45) is -0.820. The zero-order chi connectivity index (χ0) is 19.1. The number of fused-ring (bicyclic) bond motifs is 1. The lowest BCUT2D eigenvalue weighted by Gasteiger charge is -2.25. The molecular formula is C20H17ClN2O3. The average Bonchev–Trinajstić information content (AvgIpc) is 2.82. The summed E-state index contributed by atoms with van der Waals surface area (Å²) in [7, 11) is 0. The molecule has 0 N–H and O–H groups in total. The molecule has 6 heteroatoms. The van der Waals surface area contributed by atoms with Crippen LogP contribution in [0.5, 0.6) is 0 Å². The summed E-state index contributed by atoms with van der Waals surface area (Å²) in [6.45, 7) is 5.13. The number of carbonyl (C=O) groups excluding carboxylic acids is 2. The highest BCUT2D eigenvalue weighted by atomic mass is 35.5. The minimum absolute atomic E-state index is 0.305. The van der Waals surface area contributed by atoms with Gasteiger partial charge in [0.05, 0.1) is 11.8 Å². The summed E-state index contributed by atoms with van der Waals surface area (Å²) in [5, 5.41) is 10.4. The minimum Gasteiger partial charge on any atom is -0.443 e. The van der Waals surface area contributed by atoms with E-state index in [0.717, 1.165) is 4.90 Å². The molecule has 0 spiro atoms. The number of nitriles is 1. The molecule has 2 aromatic carbocycles. The van der Waals surface area contributed by atoms with E-state index >= 15 is 0 Å². The summed E-state index contributed by atoms with van der Waals surface area (Å²) in [5.41, 5.74) is -1.29. The van der Waals surface area contributed by atoms with Crippen LogP contribution in [0.3, 0.4) is 0 Å². The summed E-state index contributed by atoms with van der Waals surface area (Å²) in [5.74, 6) is -0.669. The summed E-state index contributed by atoms with van der Waals surface area (Å²) in [4.78, 5) is 26.9. The maximum Gasteiger partial charge on any atom is 0.421 e. The lowest BCUT2D eigenvalue weighted by atomic mass is 9.77. The van der Waals surface area contributed by atoms with Crippen molar-refractivity contribution < 1.29 is 14.3 Å². The number of hydrogen-bond acceptors (Lipinski definition) is 4. The third-order valence-corrected chi connectivity index (χ3v) is 4.31. The molecule has 5 nitrogen and oxygen atoms in total. The van der Waals surface area contributed by atoms with E-state index in [4.69, 9.17) is 16.3 Å². The molecule has 2 aromatic rings. The monoisotopic (exact) mass is 368 g/mol. The maximum absolute atomic E-state index is 13.3. The second-order valence-corrected chi connectivity index (χ2v) is 7.45. The molecule has 1 aliphatic rings. The Labute approximate surface area is 156 Å². The van der Waals surface area contributed by atoms with Crippen molar-refractivity contribution in [1.29, 1.82) is 5.26 Å². The van der Waals surface area contributed by atoms with Crippen molar-refractivity contribution in [3.63, 3.8) is 0 Å². The van der Waals surface area contributed by atoms with Gasteiger partial charge in [0.1, 0.15) is 5.60 Å². The largest absolute Gasteiger partial charge is 0.443 e. The third kappa shape index (κ3) is 2.73. The van der Waals surface area contributed by atoms with Crippen LogP contribution in [0.2, 0.25) is 5.02 Å². The fourth-order valence-electron chi connectivity index (χ4n) is 3.02. The first kappa shape index (κ1) is 18.0. The first-order valence-electron chi connectivity index (χ1n) is 8.05. The molecule has 0 radical (unpaired) electrons. The smallest absolute Gasteiger partial charge is 0.421 e. The number of hydrogen-bond donors (Lipinski definition) is 0. The molecule has 0 saturated carbocycles. The lowest BCUT2D eigenvalue weighted by Crippen LogP contribution is -2.45. The van der Waals surface area contributed by atoms with E-state index in [9.17, 15) is 14.9 Å². The van der Waals surface area contributed by atoms with Crippen LogP contribution in [0.25, 0.3) is 0 Å². The van der Waals surface area contributed by atoms with Gasteiger partial charge in [0.15, 0.2) is 5.41 Å². The van der Waals surface area contributed by atoms with Crippen LogP contribution in [0.1, 0.15) is 31.9 Å². The number of benzene rings is 2. The zero-order valence-electron chi connectivity index (χ0n) is 14.6. The Morgan fingerprint density at radius 3 is 2.42 bits per heavy atom. The molecule has 0 unspecified atom stereocenters. The van der Waals surface area contributed by atoms with Crippen LogP contribution in [0.4, 0.5) is 10.5 Å². The molecule has 26 heavy (non-hydrogen) atoms. The first-order valence-corrected chi connectivity index (χ1v) is 8.43. The van der Waals surface area contributed by atoms with Crippen molar-refractivity contribution in [1.82, 2.24) is 0 Å². The van der Waals surface area contributed by atoms with Crippen molar-refractivity contribution in [2.75, 3.05) is 4.90 Å². The third-order valence-electron chi connectivity index (χ3n) is 4.08. The van der Waals surface area contributed by atoms with Gasteiger partial charge in [0.2, 0.25) is 0 Å². The molecule has 1 atom stereocenters. The normalized spacial score (nSPS) is 19.0. The van der Waals surface area contributed by atoms with Crippen LogP contribution in [0.15, 0.2) is 48.5 Å². The standard InChI is InChI=1S/C20H17ClN2O3/c1-19(2,3)26-18(25)23-16-10-9-14(21)11-15(16)20(12-22,17(23)24)13-7-5-4-6-8-13/h4-11H,1-3H3/t20-/m1/s1. The number of carbonyl (C=O) groups is 2. The summed E-state index contributed by atoms with van der Waals surface area (Å²) in [6, 6.07) is 15.4. The van der Waals surface area contributed by atoms with Gasteiger partial charge in [-0.25, -0.2) is 9.69 Å². The van der Waals surface area contributed by atoms with E-state index in [0.29, 0.717) is 21.8 Å². The van der Waals surface area contributed by atoms with E-state index < -0.39 is 23.0 Å². The van der Waals surface area contributed by atoms with E-state index in [1.54, 1.807) is 69.3 Å². The average molecular weight is 369 g/mol. The number of amides is 2. The topological polar surface area (TPSA) is 70.4 Å². The maximum atomic E-state index is 13.3. The number of anilines is 1. The molecule has 0 saturated heterocycles. The Morgan fingerprint density at radius 2 is 1.85 bits per heavy atom. The molecule has 0 aliphatic carbocycles. The zero-order valence-corrected chi connectivity index (χ0v) is 15.4. The van der Waals surface area contributed by atoms with Gasteiger partial charge in [0.25, 0.3) is 5.91 Å². The molecule has 132 valence electrons. The molecular weight excluding hydrogens is 352 g/mol. The van der Waals surface area contributed by atoms with E-state index in [1.807, 2.05) is 0 Å². The molecule has 1 aliphatic heterocycles. The Kier molecular flexibility index (Phi) is 4.25. The van der Waals surface area contributed by atoms with Crippen LogP contribution < -0.4 is 4.90 Å². The van der Waals surface area contributed by atoms with E-state index in [-0.39, 0.29) is 0 Å². The fraction of sp³-hybridized carbons (Fsp3) is 0.250. The van der Waals surface area contributed by atoms with Gasteiger partial charge < -0.3 is 4.74 Å². The minimum atomic E-state index is -1.65. The van der Waals surface area contributed by atoms with Crippen LogP contribution in [0, 0.1) is 11.3 Å². The first-order chi connectivity index (χ1) is 12.2. The van der Waals surface area contributed by atoms with Crippen LogP contribution in [-0.4, -0.2) is 17.6 Å². The molecule has 3 rings (SSSR count). The van der Waals surface area contributed by atoms with Crippen LogP contribution in [-0.2, 0) is 14.9 Å². The second kappa shape index (κ2) is 6.15. The Balaban J connectivity index is 2.24. The predicted octanol–water partition coefficient (Wildman–Crippen LogP) is 4.43. The van der Waals surface area contributed by atoms with Crippen molar-refractivity contribution in [3.05, 3.63) is 64.7 Å². The number of rotatable bonds is 1. The SMILES string of the molecule is CC(C)(C)OC(=O)N1C(=O)[C@](C#N)(c2ccccc2)c2cc(Cl)ccc21. The van der Waals surface area contributed by atoms with E-state index in [1.165, 1.54) is 0 Å². The molecule has 2 amide bonds. The highest BCUT2D eigenvalue weighted by Crippen LogP contribution is 2.47. The van der Waals surface area contributed by atoms with Gasteiger partial charge >= 0.3 is 6.09 Å². The number of ether oxygens (including phenoxy) is 1. The number of imide groups is 1. The van der Waals surface area contributed by atoms with Gasteiger partial charge in [-0.05, 0) is 44.5 Å². The van der Waals surface area contributed by atoms with Gasteiger partial charge in [-0.2, -0.15) is 5.26 Å². The van der Waals surface area contributed by atoms with Crippen molar-refractivity contribution >= 4 is 29.3 Å². The summed E-state index contributed by atoms with van der Waals surface area (Å²) < 4.78 is 5.38. The van der Waals surface area contributed by atoms with Crippen LogP contribution >= 0.6 is 11.6 Å². The molecule has 1 heterocycles. The van der Waals surface area contributed by atoms with Gasteiger partial charge in [0, 0.05) is 10.6 Å². The summed E-state index contributed by atoms with van der Waals surface area (Å²) >= 11 is 6.12. The van der Waals surface area contributed by atoms with Crippen molar-refractivity contribution in [2.45, 2.75) is 31.8 Å².